The van der Waals surface area contributed by atoms with Gasteiger partial charge in [-0.15, -0.1) is 0 Å². The third-order valence-electron chi connectivity index (χ3n) is 2.82. The Labute approximate surface area is 107 Å². The molecule has 2 aromatic rings. The lowest BCUT2D eigenvalue weighted by atomic mass is 10.0. The molecule has 0 aliphatic carbocycles. The summed E-state index contributed by atoms with van der Waals surface area (Å²) in [6, 6.07) is 16.7. The molecule has 18 heavy (non-hydrogen) atoms. The van der Waals surface area contributed by atoms with E-state index < -0.39 is 0 Å². The number of hydrogen-bond donors (Lipinski definition) is 0. The maximum atomic E-state index is 12.0. The van der Waals surface area contributed by atoms with Gasteiger partial charge in [-0.3, -0.25) is 4.79 Å². The van der Waals surface area contributed by atoms with E-state index in [1.54, 1.807) is 12.1 Å². The van der Waals surface area contributed by atoms with Crippen molar-refractivity contribution in [2.24, 2.45) is 0 Å². The van der Waals surface area contributed by atoms with Crippen LogP contribution in [0, 0.1) is 18.3 Å². The van der Waals surface area contributed by atoms with Gasteiger partial charge in [0.05, 0.1) is 11.6 Å². The van der Waals surface area contributed by atoms with Crippen LogP contribution >= 0.6 is 0 Å². The Morgan fingerprint density at radius 2 is 1.67 bits per heavy atom. The van der Waals surface area contributed by atoms with Crippen LogP contribution in [0.2, 0.25) is 0 Å². The zero-order valence-electron chi connectivity index (χ0n) is 10.2. The van der Waals surface area contributed by atoms with Gasteiger partial charge in [-0.2, -0.15) is 5.26 Å². The fourth-order valence-electron chi connectivity index (χ4n) is 1.72. The summed E-state index contributed by atoms with van der Waals surface area (Å²) in [6.07, 6.45) is 0.370. The SMILES string of the molecule is Cc1ccc(C(=O)Cc2ccc(C#N)cc2)cc1. The van der Waals surface area contributed by atoms with Gasteiger partial charge in [0, 0.05) is 12.0 Å². The second-order valence-corrected chi connectivity index (χ2v) is 4.27. The predicted molar refractivity (Wildman–Crippen MR) is 70.4 cm³/mol. The third kappa shape index (κ3) is 2.83. The number of carbonyl (C=O) groups excluding carboxylic acids is 1. The number of aryl methyl sites for hydroxylation is 1. The monoisotopic (exact) mass is 235 g/mol. The van der Waals surface area contributed by atoms with Gasteiger partial charge < -0.3 is 0 Å². The summed E-state index contributed by atoms with van der Waals surface area (Å²) in [5, 5.41) is 8.70. The highest BCUT2D eigenvalue weighted by Gasteiger charge is 2.06. The van der Waals surface area contributed by atoms with Gasteiger partial charge in [-0.25, -0.2) is 0 Å². The van der Waals surface area contributed by atoms with Gasteiger partial charge in [0.15, 0.2) is 5.78 Å². The molecule has 0 saturated carbocycles. The first-order chi connectivity index (χ1) is 8.69. The molecule has 0 aliphatic heterocycles. The van der Waals surface area contributed by atoms with Crippen molar-refractivity contribution in [1.82, 2.24) is 0 Å². The molecule has 0 spiro atoms. The lowest BCUT2D eigenvalue weighted by Crippen LogP contribution is -2.03. The van der Waals surface area contributed by atoms with Crippen molar-refractivity contribution in [3.63, 3.8) is 0 Å². The molecule has 0 aliphatic rings. The van der Waals surface area contributed by atoms with Gasteiger partial charge >= 0.3 is 0 Å². The highest BCUT2D eigenvalue weighted by Crippen LogP contribution is 2.10. The Bertz CT molecular complexity index is 588. The third-order valence-corrected chi connectivity index (χ3v) is 2.82. The number of benzene rings is 2. The van der Waals surface area contributed by atoms with E-state index in [0.717, 1.165) is 16.7 Å². The zero-order valence-corrected chi connectivity index (χ0v) is 10.2. The highest BCUT2D eigenvalue weighted by atomic mass is 16.1. The van der Waals surface area contributed by atoms with Crippen LogP contribution in [-0.2, 0) is 6.42 Å². The Balaban J connectivity index is 2.11. The van der Waals surface area contributed by atoms with Crippen LogP contribution in [0.1, 0.15) is 27.0 Å². The van der Waals surface area contributed by atoms with Gasteiger partial charge in [-0.1, -0.05) is 42.0 Å². The summed E-state index contributed by atoms with van der Waals surface area (Å²) in [6.45, 7) is 1.99. The average molecular weight is 235 g/mol. The second kappa shape index (κ2) is 5.29. The lowest BCUT2D eigenvalue weighted by molar-refractivity contribution is 0.0993. The smallest absolute Gasteiger partial charge is 0.167 e. The fraction of sp³-hybridized carbons (Fsp3) is 0.125. The summed E-state index contributed by atoms with van der Waals surface area (Å²) in [5.74, 6) is 0.0970. The molecule has 0 heterocycles. The van der Waals surface area contributed by atoms with Crippen molar-refractivity contribution in [2.45, 2.75) is 13.3 Å². The van der Waals surface area contributed by atoms with E-state index in [1.165, 1.54) is 0 Å². The van der Waals surface area contributed by atoms with E-state index in [9.17, 15) is 4.79 Å². The number of Topliss-reactive ketones (excluding diaryl/α,β-unsaturated/α-hetero) is 1. The van der Waals surface area contributed by atoms with Gasteiger partial charge in [0.25, 0.3) is 0 Å². The number of hydrogen-bond acceptors (Lipinski definition) is 2. The minimum Gasteiger partial charge on any atom is -0.294 e. The molecular formula is C16H13NO. The molecule has 0 fully saturated rings. The summed E-state index contributed by atoms with van der Waals surface area (Å²) in [4.78, 5) is 12.0. The minimum absolute atomic E-state index is 0.0970. The van der Waals surface area contributed by atoms with E-state index in [-0.39, 0.29) is 5.78 Å². The van der Waals surface area contributed by atoms with Crippen LogP contribution in [0.3, 0.4) is 0 Å². The molecule has 0 amide bonds. The molecule has 0 atom stereocenters. The second-order valence-electron chi connectivity index (χ2n) is 4.27. The molecule has 2 aromatic carbocycles. The number of ketones is 1. The number of carbonyl (C=O) groups is 1. The Kier molecular flexibility index (Phi) is 3.54. The van der Waals surface area contributed by atoms with Crippen LogP contribution in [0.5, 0.6) is 0 Å². The van der Waals surface area contributed by atoms with Crippen molar-refractivity contribution in [1.29, 1.82) is 5.26 Å². The van der Waals surface area contributed by atoms with Gasteiger partial charge in [-0.05, 0) is 24.6 Å². The minimum atomic E-state index is 0.0970. The van der Waals surface area contributed by atoms with Gasteiger partial charge in [0.2, 0.25) is 0 Å². The largest absolute Gasteiger partial charge is 0.294 e. The number of nitriles is 1. The summed E-state index contributed by atoms with van der Waals surface area (Å²) in [5.41, 5.74) is 3.41. The van der Waals surface area contributed by atoms with Crippen molar-refractivity contribution >= 4 is 5.78 Å². The number of rotatable bonds is 3. The van der Waals surface area contributed by atoms with Crippen molar-refractivity contribution < 1.29 is 4.79 Å². The molecule has 2 rings (SSSR count). The maximum absolute atomic E-state index is 12.0. The summed E-state index contributed by atoms with van der Waals surface area (Å²) in [7, 11) is 0. The van der Waals surface area contributed by atoms with Gasteiger partial charge in [0.1, 0.15) is 0 Å². The molecule has 2 heteroatoms. The van der Waals surface area contributed by atoms with E-state index >= 15 is 0 Å². The molecular weight excluding hydrogens is 222 g/mol. The molecule has 0 N–H and O–H groups in total. The Hall–Kier alpha value is -2.40. The van der Waals surface area contributed by atoms with E-state index in [1.807, 2.05) is 43.3 Å². The predicted octanol–water partition coefficient (Wildman–Crippen LogP) is 3.29. The molecule has 0 saturated heterocycles. The van der Waals surface area contributed by atoms with Crippen LogP contribution in [0.15, 0.2) is 48.5 Å². The summed E-state index contributed by atoms with van der Waals surface area (Å²) >= 11 is 0. The van der Waals surface area contributed by atoms with Crippen molar-refractivity contribution in [3.05, 3.63) is 70.8 Å². The van der Waals surface area contributed by atoms with Crippen LogP contribution in [-0.4, -0.2) is 5.78 Å². The number of nitrogens with zero attached hydrogens (tertiary/aromatic N) is 1. The molecule has 0 aromatic heterocycles. The first-order valence-electron chi connectivity index (χ1n) is 5.78. The normalized spacial score (nSPS) is 9.78. The van der Waals surface area contributed by atoms with Crippen LogP contribution in [0.25, 0.3) is 0 Å². The molecule has 88 valence electrons. The average Bonchev–Trinajstić information content (AvgIpc) is 2.40. The molecule has 0 radical (unpaired) electrons. The molecule has 0 unspecified atom stereocenters. The van der Waals surface area contributed by atoms with Crippen molar-refractivity contribution in [3.8, 4) is 6.07 Å². The molecule has 0 bridgehead atoms. The highest BCUT2D eigenvalue weighted by molar-refractivity contribution is 5.97. The maximum Gasteiger partial charge on any atom is 0.167 e. The van der Waals surface area contributed by atoms with E-state index in [0.29, 0.717) is 12.0 Å². The quantitative estimate of drug-likeness (QED) is 0.766. The van der Waals surface area contributed by atoms with E-state index in [4.69, 9.17) is 5.26 Å². The fourth-order valence-corrected chi connectivity index (χ4v) is 1.72. The topological polar surface area (TPSA) is 40.9 Å². The van der Waals surface area contributed by atoms with E-state index in [2.05, 4.69) is 6.07 Å². The summed E-state index contributed by atoms with van der Waals surface area (Å²) < 4.78 is 0. The van der Waals surface area contributed by atoms with Crippen LogP contribution < -0.4 is 0 Å². The first-order valence-corrected chi connectivity index (χ1v) is 5.78. The first kappa shape index (κ1) is 12.1. The molecule has 2 nitrogen and oxygen atoms in total. The Morgan fingerprint density at radius 1 is 1.06 bits per heavy atom. The lowest BCUT2D eigenvalue weighted by Gasteiger charge is -2.02. The van der Waals surface area contributed by atoms with Crippen molar-refractivity contribution in [2.75, 3.05) is 0 Å². The standard InChI is InChI=1S/C16H13NO/c1-12-2-8-15(9-3-12)16(18)10-13-4-6-14(11-17)7-5-13/h2-9H,10H2,1H3. The Morgan fingerprint density at radius 3 is 2.22 bits per heavy atom. The zero-order chi connectivity index (χ0) is 13.0. The van der Waals surface area contributed by atoms with Crippen LogP contribution in [0.4, 0.5) is 0 Å².